The Bertz CT molecular complexity index is 625. The topological polar surface area (TPSA) is 25.8 Å². The van der Waals surface area contributed by atoms with Crippen LogP contribution in [0.4, 0.5) is 0 Å². The average molecular weight is 248 g/mol. The maximum atomic E-state index is 4.48. The molecule has 0 aliphatic heterocycles. The van der Waals surface area contributed by atoms with Gasteiger partial charge < -0.3 is 0 Å². The summed E-state index contributed by atoms with van der Waals surface area (Å²) >= 11 is 0. The molecule has 2 nitrogen and oxygen atoms in total. The lowest BCUT2D eigenvalue weighted by molar-refractivity contribution is 1.04. The van der Waals surface area contributed by atoms with Crippen molar-refractivity contribution in [3.63, 3.8) is 0 Å². The average Bonchev–Trinajstić information content (AvgIpc) is 2.45. The van der Waals surface area contributed by atoms with E-state index < -0.39 is 0 Å². The summed E-state index contributed by atoms with van der Waals surface area (Å²) in [5, 5.41) is 0. The van der Waals surface area contributed by atoms with Gasteiger partial charge >= 0.3 is 0 Å². The van der Waals surface area contributed by atoms with Gasteiger partial charge in [0.1, 0.15) is 5.82 Å². The third kappa shape index (κ3) is 3.05. The molecule has 0 bridgehead atoms. The summed E-state index contributed by atoms with van der Waals surface area (Å²) in [6.45, 7) is 9.41. The van der Waals surface area contributed by atoms with Gasteiger partial charge in [-0.05, 0) is 18.6 Å². The van der Waals surface area contributed by atoms with Crippen LogP contribution in [-0.2, 0) is 0 Å². The second-order valence-corrected chi connectivity index (χ2v) is 4.11. The maximum absolute atomic E-state index is 4.48. The van der Waals surface area contributed by atoms with Crippen LogP contribution in [0.15, 0.2) is 67.8 Å². The molecule has 94 valence electrons. The van der Waals surface area contributed by atoms with Crippen LogP contribution in [0.5, 0.6) is 0 Å². The van der Waals surface area contributed by atoms with E-state index in [-0.39, 0.29) is 0 Å². The first-order chi connectivity index (χ1) is 9.24. The van der Waals surface area contributed by atoms with Crippen molar-refractivity contribution in [2.24, 2.45) is 0 Å². The van der Waals surface area contributed by atoms with Crippen molar-refractivity contribution in [1.82, 2.24) is 9.97 Å². The molecule has 0 aliphatic carbocycles. The highest BCUT2D eigenvalue weighted by Crippen LogP contribution is 2.21. The summed E-state index contributed by atoms with van der Waals surface area (Å²) in [5.41, 5.74) is 3.80. The van der Waals surface area contributed by atoms with E-state index in [2.05, 4.69) is 23.1 Å². The molecule has 19 heavy (non-hydrogen) atoms. The second kappa shape index (κ2) is 5.91. The minimum atomic E-state index is 0.744. The minimum Gasteiger partial charge on any atom is -0.233 e. The smallest absolute Gasteiger partial charge is 0.126 e. The summed E-state index contributed by atoms with van der Waals surface area (Å²) in [6.07, 6.45) is 5.40. The molecule has 0 spiro atoms. The van der Waals surface area contributed by atoms with Crippen molar-refractivity contribution < 1.29 is 0 Å². The van der Waals surface area contributed by atoms with Crippen molar-refractivity contribution in [3.8, 4) is 11.3 Å². The Morgan fingerprint density at radius 1 is 1.11 bits per heavy atom. The van der Waals surface area contributed by atoms with Crippen LogP contribution in [-0.4, -0.2) is 9.97 Å². The third-order valence-corrected chi connectivity index (χ3v) is 2.72. The summed E-state index contributed by atoms with van der Waals surface area (Å²) in [6, 6.07) is 12.0. The van der Waals surface area contributed by atoms with E-state index >= 15 is 0 Å². The molecule has 2 rings (SSSR count). The van der Waals surface area contributed by atoms with Gasteiger partial charge in [-0.1, -0.05) is 61.7 Å². The largest absolute Gasteiger partial charge is 0.233 e. The van der Waals surface area contributed by atoms with E-state index in [1.54, 1.807) is 12.2 Å². The standard InChI is InChI=1S/C17H16N2/c1-4-9-14(5-2)16-12-17(19-13(3)18-16)15-10-7-6-8-11-15/h4-12H,1-2H2,3H3/b14-9+. The van der Waals surface area contributed by atoms with Gasteiger partial charge in [0.2, 0.25) is 0 Å². The fraction of sp³-hybridized carbons (Fsp3) is 0.0588. The molecule has 0 amide bonds. The van der Waals surface area contributed by atoms with Gasteiger partial charge in [0, 0.05) is 5.56 Å². The third-order valence-electron chi connectivity index (χ3n) is 2.72. The van der Waals surface area contributed by atoms with E-state index in [9.17, 15) is 0 Å². The van der Waals surface area contributed by atoms with E-state index in [0.717, 1.165) is 28.3 Å². The first-order valence-electron chi connectivity index (χ1n) is 6.11. The summed E-state index contributed by atoms with van der Waals surface area (Å²) < 4.78 is 0. The number of nitrogens with zero attached hydrogens (tertiary/aromatic N) is 2. The second-order valence-electron chi connectivity index (χ2n) is 4.11. The van der Waals surface area contributed by atoms with Gasteiger partial charge in [-0.25, -0.2) is 9.97 Å². The molecule has 1 aromatic heterocycles. The molecule has 0 radical (unpaired) electrons. The molecule has 0 unspecified atom stereocenters. The normalized spacial score (nSPS) is 11.1. The van der Waals surface area contributed by atoms with Crippen LogP contribution >= 0.6 is 0 Å². The Kier molecular flexibility index (Phi) is 4.04. The predicted molar refractivity (Wildman–Crippen MR) is 80.6 cm³/mol. The molecule has 0 N–H and O–H groups in total. The lowest BCUT2D eigenvalue weighted by Crippen LogP contribution is -1.96. The molecule has 0 atom stereocenters. The highest BCUT2D eigenvalue weighted by molar-refractivity contribution is 5.75. The fourth-order valence-electron chi connectivity index (χ4n) is 1.86. The zero-order chi connectivity index (χ0) is 13.7. The van der Waals surface area contributed by atoms with Gasteiger partial charge in [0.15, 0.2) is 0 Å². The van der Waals surface area contributed by atoms with Crippen molar-refractivity contribution in [2.75, 3.05) is 0 Å². The van der Waals surface area contributed by atoms with Crippen LogP contribution < -0.4 is 0 Å². The van der Waals surface area contributed by atoms with Gasteiger partial charge in [-0.2, -0.15) is 0 Å². The van der Waals surface area contributed by atoms with Crippen molar-refractivity contribution in [3.05, 3.63) is 79.3 Å². The quantitative estimate of drug-likeness (QED) is 0.757. The first kappa shape index (κ1) is 13.0. The Labute approximate surface area is 113 Å². The van der Waals surface area contributed by atoms with Gasteiger partial charge in [0.25, 0.3) is 0 Å². The summed E-state index contributed by atoms with van der Waals surface area (Å²) in [7, 11) is 0. The molecule has 0 saturated heterocycles. The fourth-order valence-corrected chi connectivity index (χ4v) is 1.86. The number of benzene rings is 1. The Morgan fingerprint density at radius 3 is 2.47 bits per heavy atom. The number of aromatic nitrogens is 2. The van der Waals surface area contributed by atoms with Crippen LogP contribution in [0, 0.1) is 6.92 Å². The Hall–Kier alpha value is -2.48. The van der Waals surface area contributed by atoms with Crippen LogP contribution in [0.25, 0.3) is 16.8 Å². The molecule has 2 aromatic rings. The Morgan fingerprint density at radius 2 is 1.84 bits per heavy atom. The number of hydrogen-bond acceptors (Lipinski definition) is 2. The molecule has 0 aliphatic rings. The lowest BCUT2D eigenvalue weighted by Gasteiger charge is -2.06. The number of aryl methyl sites for hydroxylation is 1. The zero-order valence-electron chi connectivity index (χ0n) is 11.0. The molecular formula is C17H16N2. The summed E-state index contributed by atoms with van der Waals surface area (Å²) in [4.78, 5) is 8.93. The SMILES string of the molecule is C=C/C=C(\C=C)c1cc(-c2ccccc2)nc(C)n1. The first-order valence-corrected chi connectivity index (χ1v) is 6.11. The minimum absolute atomic E-state index is 0.744. The Balaban J connectivity index is 2.55. The van der Waals surface area contributed by atoms with Crippen LogP contribution in [0.1, 0.15) is 11.5 Å². The number of allylic oxidation sites excluding steroid dienone is 4. The summed E-state index contributed by atoms with van der Waals surface area (Å²) in [5.74, 6) is 0.744. The van der Waals surface area contributed by atoms with E-state index in [4.69, 9.17) is 0 Å². The predicted octanol–water partition coefficient (Wildman–Crippen LogP) is 4.21. The maximum Gasteiger partial charge on any atom is 0.126 e. The molecule has 0 fully saturated rings. The molecule has 1 heterocycles. The monoisotopic (exact) mass is 248 g/mol. The molecular weight excluding hydrogens is 232 g/mol. The highest BCUT2D eigenvalue weighted by Gasteiger charge is 2.06. The van der Waals surface area contributed by atoms with Crippen molar-refractivity contribution in [2.45, 2.75) is 6.92 Å². The number of hydrogen-bond donors (Lipinski definition) is 0. The molecule has 2 heteroatoms. The lowest BCUT2D eigenvalue weighted by atomic mass is 10.1. The number of rotatable bonds is 4. The van der Waals surface area contributed by atoms with E-state index in [0.29, 0.717) is 0 Å². The van der Waals surface area contributed by atoms with E-state index in [1.807, 2.05) is 49.4 Å². The van der Waals surface area contributed by atoms with Crippen molar-refractivity contribution >= 4 is 5.57 Å². The van der Waals surface area contributed by atoms with Gasteiger partial charge in [0.05, 0.1) is 11.4 Å². The van der Waals surface area contributed by atoms with Crippen molar-refractivity contribution in [1.29, 1.82) is 0 Å². The van der Waals surface area contributed by atoms with Gasteiger partial charge in [-0.15, -0.1) is 0 Å². The van der Waals surface area contributed by atoms with Crippen LogP contribution in [0.3, 0.4) is 0 Å². The zero-order valence-corrected chi connectivity index (χ0v) is 11.0. The highest BCUT2D eigenvalue weighted by atomic mass is 14.9. The van der Waals surface area contributed by atoms with Gasteiger partial charge in [-0.3, -0.25) is 0 Å². The molecule has 1 aromatic carbocycles. The van der Waals surface area contributed by atoms with Crippen LogP contribution in [0.2, 0.25) is 0 Å². The van der Waals surface area contributed by atoms with E-state index in [1.165, 1.54) is 0 Å². The molecule has 0 saturated carbocycles.